The topological polar surface area (TPSA) is 37.7 Å². The molecule has 5 nitrogen and oxygen atoms in total. The molecule has 13 rings (SSSR count). The second-order valence-electron chi connectivity index (χ2n) is 22.2. The number of anilines is 6. The van der Waals surface area contributed by atoms with Gasteiger partial charge in [-0.15, -0.1) is 0 Å². The van der Waals surface area contributed by atoms with Crippen molar-refractivity contribution in [2.24, 2.45) is 0 Å². The minimum atomic E-state index is -0.0929. The van der Waals surface area contributed by atoms with Gasteiger partial charge in [-0.2, -0.15) is 0 Å². The van der Waals surface area contributed by atoms with Gasteiger partial charge in [0.25, 0.3) is 6.71 Å². The van der Waals surface area contributed by atoms with E-state index in [-0.39, 0.29) is 23.0 Å². The first-order valence-corrected chi connectivity index (χ1v) is 24.1. The highest BCUT2D eigenvalue weighted by molar-refractivity contribution is 7.00. The van der Waals surface area contributed by atoms with Crippen LogP contribution in [0, 0.1) is 0 Å². The van der Waals surface area contributed by atoms with Crippen molar-refractivity contribution in [1.29, 1.82) is 0 Å². The van der Waals surface area contributed by atoms with Gasteiger partial charge < -0.3 is 18.6 Å². The standard InChI is InChI=1S/C62H54BN3O2/c1-60(2,3)37-24-29-40(30-25-37)64(41-31-26-38(27-32-41)61(4,5)6)42-35-50-57-51(36-42)66-58-45(55-43-16-10-13-22-53(43)68-59(55)66)18-14-19-47(58)63(57)46-33-28-39(62(7,8)9)34-49(46)65(50)48-20-15-23-54-56(48)44-17-11-12-21-52(44)67-54/h10-36H,1-9H3. The lowest BCUT2D eigenvalue weighted by atomic mass is 9.33. The van der Waals surface area contributed by atoms with Crippen LogP contribution in [-0.4, -0.2) is 11.3 Å². The molecule has 8 aromatic carbocycles. The fraction of sp³-hybridized carbons (Fsp3) is 0.194. The molecule has 2 aliphatic heterocycles. The van der Waals surface area contributed by atoms with Crippen LogP contribution in [-0.2, 0) is 16.2 Å². The number of hydrogen-bond donors (Lipinski definition) is 0. The molecule has 0 fully saturated rings. The van der Waals surface area contributed by atoms with Crippen LogP contribution in [0.15, 0.2) is 173 Å². The number of rotatable bonds is 4. The Bertz CT molecular complexity index is 3810. The summed E-state index contributed by atoms with van der Waals surface area (Å²) >= 11 is 0. The Kier molecular flexibility index (Phi) is 8.43. The Hall–Kier alpha value is -7.44. The van der Waals surface area contributed by atoms with Gasteiger partial charge in [0.05, 0.1) is 27.7 Å². The van der Waals surface area contributed by atoms with E-state index in [1.807, 2.05) is 0 Å². The van der Waals surface area contributed by atoms with Gasteiger partial charge in [0, 0.05) is 44.6 Å². The molecule has 0 aliphatic carbocycles. The molecule has 68 heavy (non-hydrogen) atoms. The normalized spacial score (nSPS) is 13.6. The molecular formula is C62H54BN3O2. The number of fused-ring (bicyclic) bond motifs is 12. The summed E-state index contributed by atoms with van der Waals surface area (Å²) in [7, 11) is 0. The zero-order valence-corrected chi connectivity index (χ0v) is 40.3. The van der Waals surface area contributed by atoms with Gasteiger partial charge in [0.2, 0.25) is 5.71 Å². The van der Waals surface area contributed by atoms with E-state index >= 15 is 0 Å². The van der Waals surface area contributed by atoms with Gasteiger partial charge in [-0.25, -0.2) is 0 Å². The molecule has 0 unspecified atom stereocenters. The molecule has 11 aromatic rings. The summed E-state index contributed by atoms with van der Waals surface area (Å²) in [6.45, 7) is 20.6. The Morgan fingerprint density at radius 3 is 1.60 bits per heavy atom. The highest BCUT2D eigenvalue weighted by Crippen LogP contribution is 2.50. The maximum absolute atomic E-state index is 7.04. The van der Waals surface area contributed by atoms with Gasteiger partial charge in [0.1, 0.15) is 16.7 Å². The first-order valence-electron chi connectivity index (χ1n) is 24.1. The van der Waals surface area contributed by atoms with Crippen molar-refractivity contribution in [3.63, 3.8) is 0 Å². The second kappa shape index (κ2) is 14.1. The summed E-state index contributed by atoms with van der Waals surface area (Å²) < 4.78 is 16.2. The highest BCUT2D eigenvalue weighted by atomic mass is 16.3. The zero-order valence-electron chi connectivity index (χ0n) is 40.3. The molecule has 0 spiro atoms. The van der Waals surface area contributed by atoms with Gasteiger partial charge in [-0.05, 0) is 116 Å². The van der Waals surface area contributed by atoms with Crippen molar-refractivity contribution < 1.29 is 8.83 Å². The van der Waals surface area contributed by atoms with Crippen LogP contribution < -0.4 is 26.2 Å². The van der Waals surface area contributed by atoms with E-state index in [1.165, 1.54) is 49.7 Å². The van der Waals surface area contributed by atoms with Crippen LogP contribution in [0.25, 0.3) is 60.6 Å². The minimum absolute atomic E-state index is 0.00589. The lowest BCUT2D eigenvalue weighted by Crippen LogP contribution is -2.60. The predicted molar refractivity (Wildman–Crippen MR) is 288 cm³/mol. The molecule has 6 heteroatoms. The Morgan fingerprint density at radius 2 is 0.956 bits per heavy atom. The van der Waals surface area contributed by atoms with Crippen LogP contribution >= 0.6 is 0 Å². The van der Waals surface area contributed by atoms with Crippen molar-refractivity contribution >= 4 is 112 Å². The fourth-order valence-electron chi connectivity index (χ4n) is 11.4. The van der Waals surface area contributed by atoms with E-state index < -0.39 is 0 Å². The first kappa shape index (κ1) is 40.8. The Balaban J connectivity index is 1.19. The predicted octanol–water partition coefficient (Wildman–Crippen LogP) is 15.4. The highest BCUT2D eigenvalue weighted by Gasteiger charge is 2.44. The summed E-state index contributed by atoms with van der Waals surface area (Å²) in [5.74, 6) is 0. The first-order chi connectivity index (χ1) is 32.6. The lowest BCUT2D eigenvalue weighted by Gasteiger charge is -2.42. The summed E-state index contributed by atoms with van der Waals surface area (Å²) in [4.78, 5) is 5.01. The smallest absolute Gasteiger partial charge is 0.252 e. The largest absolute Gasteiger partial charge is 0.456 e. The van der Waals surface area contributed by atoms with Crippen molar-refractivity contribution in [2.75, 3.05) is 9.80 Å². The second-order valence-corrected chi connectivity index (χ2v) is 22.2. The molecule has 5 heterocycles. The molecule has 0 bridgehead atoms. The zero-order chi connectivity index (χ0) is 46.6. The van der Waals surface area contributed by atoms with E-state index in [1.54, 1.807) is 0 Å². The number of aromatic nitrogens is 1. The Morgan fingerprint density at radius 1 is 0.412 bits per heavy atom. The maximum Gasteiger partial charge on any atom is 0.252 e. The third kappa shape index (κ3) is 5.89. The average Bonchev–Trinajstić information content (AvgIpc) is 3.99. The maximum atomic E-state index is 7.04. The molecule has 0 N–H and O–H groups in total. The monoisotopic (exact) mass is 883 g/mol. The minimum Gasteiger partial charge on any atom is -0.456 e. The number of furan rings is 2. The van der Waals surface area contributed by atoms with E-state index in [9.17, 15) is 0 Å². The average molecular weight is 884 g/mol. The lowest BCUT2D eigenvalue weighted by molar-refractivity contribution is 0.590. The van der Waals surface area contributed by atoms with E-state index in [2.05, 4.69) is 240 Å². The van der Waals surface area contributed by atoms with Crippen LogP contribution in [0.5, 0.6) is 0 Å². The molecule has 0 atom stereocenters. The summed E-state index contributed by atoms with van der Waals surface area (Å²) in [6, 6.07) is 60.9. The van der Waals surface area contributed by atoms with Gasteiger partial charge >= 0.3 is 0 Å². The van der Waals surface area contributed by atoms with Crippen molar-refractivity contribution in [1.82, 2.24) is 4.57 Å². The number of hydrogen-bond acceptors (Lipinski definition) is 4. The van der Waals surface area contributed by atoms with Crippen LogP contribution in [0.2, 0.25) is 0 Å². The molecule has 332 valence electrons. The van der Waals surface area contributed by atoms with Crippen LogP contribution in [0.3, 0.4) is 0 Å². The molecule has 0 radical (unpaired) electrons. The number of benzene rings is 8. The number of nitrogens with zero attached hydrogens (tertiary/aromatic N) is 3. The Labute approximate surface area is 398 Å². The van der Waals surface area contributed by atoms with Gasteiger partial charge in [-0.3, -0.25) is 4.57 Å². The van der Waals surface area contributed by atoms with Crippen molar-refractivity contribution in [3.8, 4) is 5.69 Å². The third-order valence-corrected chi connectivity index (χ3v) is 14.9. The summed E-state index contributed by atoms with van der Waals surface area (Å²) in [5.41, 5.74) is 20.0. The van der Waals surface area contributed by atoms with Crippen LogP contribution in [0.4, 0.5) is 34.1 Å². The molecule has 0 saturated heterocycles. The van der Waals surface area contributed by atoms with E-state index in [0.29, 0.717) is 0 Å². The fourth-order valence-corrected chi connectivity index (χ4v) is 11.4. The molecule has 2 aliphatic rings. The van der Waals surface area contributed by atoms with E-state index in [0.717, 1.165) is 78.1 Å². The molecular weight excluding hydrogens is 830 g/mol. The summed E-state index contributed by atoms with van der Waals surface area (Å²) in [6.07, 6.45) is 0. The quantitative estimate of drug-likeness (QED) is 0.165. The number of para-hydroxylation sites is 3. The molecule has 3 aromatic heterocycles. The molecule has 0 amide bonds. The summed E-state index contributed by atoms with van der Waals surface area (Å²) in [5, 5.41) is 5.68. The third-order valence-electron chi connectivity index (χ3n) is 14.9. The van der Waals surface area contributed by atoms with E-state index in [4.69, 9.17) is 8.83 Å². The van der Waals surface area contributed by atoms with Crippen LogP contribution in [0.1, 0.15) is 79.0 Å². The molecule has 0 saturated carbocycles. The van der Waals surface area contributed by atoms with Crippen molar-refractivity contribution in [3.05, 3.63) is 180 Å². The SMILES string of the molecule is CC(C)(C)c1ccc(N(c2ccc(C(C)(C)C)cc2)c2cc3c4c(c2)-n2c5oc6ccccc6c5c5cccc(c52)B4c2ccc(C(C)(C)C)cc2N3c2cccc3oc4ccccc4c23)cc1. The van der Waals surface area contributed by atoms with Crippen molar-refractivity contribution in [2.45, 2.75) is 78.6 Å². The van der Waals surface area contributed by atoms with Gasteiger partial charge in [-0.1, -0.05) is 159 Å². The van der Waals surface area contributed by atoms with Gasteiger partial charge in [0.15, 0.2) is 0 Å².